The second-order valence-electron chi connectivity index (χ2n) is 20.9. The van der Waals surface area contributed by atoms with Crippen molar-refractivity contribution in [1.29, 1.82) is 0 Å². The van der Waals surface area contributed by atoms with E-state index in [0.717, 1.165) is 89.9 Å². The van der Waals surface area contributed by atoms with Crippen LogP contribution in [0.2, 0.25) is 0 Å². The summed E-state index contributed by atoms with van der Waals surface area (Å²) in [5.41, 5.74) is 0. The first-order valence-corrected chi connectivity index (χ1v) is 39.1. The van der Waals surface area contributed by atoms with E-state index in [0.29, 0.717) is 32.7 Å². The second kappa shape index (κ2) is 61.2. The Hall–Kier alpha value is -0.316. The van der Waals surface area contributed by atoms with E-state index in [2.05, 4.69) is 88.6 Å². The number of hydrogen-bond donors (Lipinski definition) is 0. The summed E-state index contributed by atoms with van der Waals surface area (Å²) in [7, 11) is 0.628. The maximum absolute atomic E-state index is 11.6. The van der Waals surface area contributed by atoms with E-state index in [1.165, 1.54) is 237 Å². The second-order valence-corrected chi connectivity index (χ2v) is 32.7. The molecule has 405 valence electrons. The van der Waals surface area contributed by atoms with Gasteiger partial charge < -0.3 is 4.79 Å². The molecule has 0 heterocycles. The number of aldehydes is 1. The van der Waals surface area contributed by atoms with Gasteiger partial charge in [0, 0.05) is 44.4 Å². The van der Waals surface area contributed by atoms with Crippen LogP contribution in [0.15, 0.2) is 48.6 Å². The molecule has 0 spiro atoms. The van der Waals surface area contributed by atoms with E-state index in [-0.39, 0.29) is 0 Å². The molecule has 0 aromatic carbocycles. The fourth-order valence-electron chi connectivity index (χ4n) is 9.62. The third-order valence-electron chi connectivity index (χ3n) is 14.2. The van der Waals surface area contributed by atoms with Crippen molar-refractivity contribution in [1.82, 2.24) is 0 Å². The Bertz CT molecular complexity index is 1170. The molecule has 0 aromatic heterocycles. The predicted octanol–water partition coefficient (Wildman–Crippen LogP) is 22.0. The number of halogens is 2. The zero-order valence-corrected chi connectivity index (χ0v) is 51.2. The SMILES string of the molecule is O=C1CCCCCCC=CCCCCCC1.O=C1CCCCCCC=CCCCCCCC1.O=C1CCCCCCC=CCCCCCCC1.O=CC1CCCCCCC=CCCCCCC1.[I][V][I]. The minimum atomic E-state index is 0.346. The average molecular weight is 1240 g/mol. The molecule has 0 N–H and O–H groups in total. The summed E-state index contributed by atoms with van der Waals surface area (Å²) >= 11 is 4.74. The maximum atomic E-state index is 11.6. The summed E-state index contributed by atoms with van der Waals surface area (Å²) in [5, 5.41) is 0. The zero-order chi connectivity index (χ0) is 50.7. The van der Waals surface area contributed by atoms with E-state index in [4.69, 9.17) is 0 Å². The zero-order valence-electron chi connectivity index (χ0n) is 45.5. The van der Waals surface area contributed by atoms with Gasteiger partial charge in [0.25, 0.3) is 0 Å². The number of allylic oxidation sites excluding steroid dienone is 8. The molecule has 0 fully saturated rings. The molecule has 4 aliphatic carbocycles. The first-order chi connectivity index (χ1) is 34.5. The number of carbonyl (C=O) groups excluding carboxylic acids is 4. The van der Waals surface area contributed by atoms with E-state index < -0.39 is 0 Å². The number of Topliss-reactive ketones (excluding diaryl/α,β-unsaturated/α-hetero) is 3. The molecule has 0 aromatic rings. The van der Waals surface area contributed by atoms with Crippen LogP contribution >= 0.6 is 40.0 Å². The Morgan fingerprint density at radius 3 is 0.629 bits per heavy atom. The third kappa shape index (κ3) is 58.6. The summed E-state index contributed by atoms with van der Waals surface area (Å²) < 4.78 is 0. The van der Waals surface area contributed by atoms with Gasteiger partial charge in [-0.05, 0) is 154 Å². The van der Waals surface area contributed by atoms with E-state index >= 15 is 0 Å². The van der Waals surface area contributed by atoms with Crippen molar-refractivity contribution in [3.63, 3.8) is 0 Å². The molecular weight excluding hydrogens is 1130 g/mol. The number of carbonyl (C=O) groups is 4. The van der Waals surface area contributed by atoms with Gasteiger partial charge in [0.2, 0.25) is 0 Å². The summed E-state index contributed by atoms with van der Waals surface area (Å²) in [5.74, 6) is 1.83. The van der Waals surface area contributed by atoms with Gasteiger partial charge in [0.15, 0.2) is 0 Å². The van der Waals surface area contributed by atoms with Crippen LogP contribution in [0.5, 0.6) is 0 Å². The van der Waals surface area contributed by atoms with Gasteiger partial charge in [0.1, 0.15) is 23.6 Å². The minimum absolute atomic E-state index is 0.346. The first kappa shape index (κ1) is 69.7. The summed E-state index contributed by atoms with van der Waals surface area (Å²) in [6.07, 6.45) is 79.9. The molecule has 70 heavy (non-hydrogen) atoms. The summed E-state index contributed by atoms with van der Waals surface area (Å²) in [4.78, 5) is 45.6. The van der Waals surface area contributed by atoms with Gasteiger partial charge in [-0.1, -0.05) is 177 Å². The van der Waals surface area contributed by atoms with Crippen LogP contribution in [0, 0.1) is 5.92 Å². The van der Waals surface area contributed by atoms with Crippen LogP contribution in [-0.4, -0.2) is 23.6 Å². The Morgan fingerprint density at radius 2 is 0.443 bits per heavy atom. The van der Waals surface area contributed by atoms with Crippen molar-refractivity contribution in [2.75, 3.05) is 0 Å². The van der Waals surface area contributed by atoms with Crippen LogP contribution in [0.25, 0.3) is 0 Å². The molecule has 0 amide bonds. The molecule has 0 saturated heterocycles. The summed E-state index contributed by atoms with van der Waals surface area (Å²) in [6.45, 7) is 0. The Morgan fingerprint density at radius 1 is 0.286 bits per heavy atom. The van der Waals surface area contributed by atoms with Gasteiger partial charge in [-0.15, -0.1) is 0 Å². The molecule has 4 nitrogen and oxygen atoms in total. The molecule has 0 radical (unpaired) electrons. The van der Waals surface area contributed by atoms with Crippen molar-refractivity contribution in [2.45, 2.75) is 321 Å². The van der Waals surface area contributed by atoms with Crippen molar-refractivity contribution >= 4 is 63.6 Å². The van der Waals surface area contributed by atoms with Gasteiger partial charge in [0.05, 0.1) is 0 Å². The van der Waals surface area contributed by atoms with Gasteiger partial charge in [-0.3, -0.25) is 14.4 Å². The molecule has 0 bridgehead atoms. The standard InChI is InChI=1S/3C16H28O.C15H26O.2HI.V/c17-15-16-13-11-9-7-5-3-1-2-4-6-8-10-12-14-16;2*17-16-14-12-10-8-6-4-2-1-3-5-7-9-11-13-15-16;16-15-13-11-9-7-5-3-1-2-4-6-8-10-12-14-15;;;/h1-2,15-16H,3-14H2;2*1-2H,3-15H2;1-2H,3-14H2;2*1H;/q;;;;;;+2/p-2. The molecule has 0 atom stereocenters. The van der Waals surface area contributed by atoms with Crippen LogP contribution in [0.4, 0.5) is 0 Å². The van der Waals surface area contributed by atoms with Crippen molar-refractivity contribution < 1.29 is 28.6 Å². The third-order valence-corrected chi connectivity index (χ3v) is 14.2. The van der Waals surface area contributed by atoms with Gasteiger partial charge >= 0.3 is 49.4 Å². The fourth-order valence-corrected chi connectivity index (χ4v) is 9.62. The topological polar surface area (TPSA) is 68.3 Å². The fraction of sp³-hybridized carbons (Fsp3) is 0.810. The van der Waals surface area contributed by atoms with Crippen molar-refractivity contribution in [3.05, 3.63) is 48.6 Å². The Kier molecular flexibility index (Phi) is 61.0. The van der Waals surface area contributed by atoms with E-state index in [1.807, 2.05) is 0 Å². The van der Waals surface area contributed by atoms with Crippen molar-refractivity contribution in [2.24, 2.45) is 5.92 Å². The molecule has 0 saturated carbocycles. The Balaban J connectivity index is 0.000000889. The quantitative estimate of drug-likeness (QED) is 0.149. The van der Waals surface area contributed by atoms with Crippen LogP contribution in [-0.2, 0) is 28.6 Å². The molecule has 4 rings (SSSR count). The van der Waals surface area contributed by atoms with Gasteiger partial charge in [-0.2, -0.15) is 0 Å². The number of ketones is 3. The van der Waals surface area contributed by atoms with E-state index in [1.54, 1.807) is 0 Å². The van der Waals surface area contributed by atoms with Crippen LogP contribution < -0.4 is 0 Å². The molecule has 0 unspecified atom stereocenters. The molecule has 7 heteroatoms. The molecule has 4 aliphatic rings. The van der Waals surface area contributed by atoms with Crippen LogP contribution in [0.1, 0.15) is 321 Å². The monoisotopic (exact) mass is 1240 g/mol. The van der Waals surface area contributed by atoms with Gasteiger partial charge in [-0.25, -0.2) is 0 Å². The van der Waals surface area contributed by atoms with Crippen LogP contribution in [0.3, 0.4) is 0 Å². The molecular formula is C63H110I2O4V. The van der Waals surface area contributed by atoms with E-state index in [9.17, 15) is 19.2 Å². The predicted molar refractivity (Wildman–Crippen MR) is 320 cm³/mol. The first-order valence-electron chi connectivity index (χ1n) is 30.1. The normalized spacial score (nSPS) is 21.7. The average Bonchev–Trinajstić information content (AvgIpc) is 3.37. The molecule has 0 aliphatic heterocycles. The Labute approximate surface area is 463 Å². The van der Waals surface area contributed by atoms with Crippen molar-refractivity contribution in [3.8, 4) is 0 Å². The number of hydrogen-bond acceptors (Lipinski definition) is 4. The number of rotatable bonds is 1. The summed E-state index contributed by atoms with van der Waals surface area (Å²) in [6, 6.07) is 0.